The fourth-order valence-corrected chi connectivity index (χ4v) is 4.60. The summed E-state index contributed by atoms with van der Waals surface area (Å²) in [4.78, 5) is 3.96. The molecule has 0 aromatic carbocycles. The zero-order chi connectivity index (χ0) is 14.2. The molecule has 3 N–H and O–H groups in total. The molecule has 0 amide bonds. The Morgan fingerprint density at radius 3 is 2.53 bits per heavy atom. The summed E-state index contributed by atoms with van der Waals surface area (Å²) in [5, 5.41) is 0. The smallest absolute Gasteiger partial charge is 0.272 e. The van der Waals surface area contributed by atoms with Gasteiger partial charge in [-0.3, -0.25) is 4.72 Å². The number of aryl methyl sites for hydroxylation is 2. The maximum Gasteiger partial charge on any atom is 0.272 e. The number of rotatable bonds is 3. The third-order valence-electron chi connectivity index (χ3n) is 2.49. The molecule has 2 aromatic heterocycles. The highest BCUT2D eigenvalue weighted by atomic mass is 79.9. The third kappa shape index (κ3) is 3.07. The maximum atomic E-state index is 12.2. The first-order valence-electron chi connectivity index (χ1n) is 5.30. The van der Waals surface area contributed by atoms with Crippen LogP contribution >= 0.6 is 27.3 Å². The van der Waals surface area contributed by atoms with Gasteiger partial charge in [-0.1, -0.05) is 0 Å². The second-order valence-corrected chi connectivity index (χ2v) is 8.33. The van der Waals surface area contributed by atoms with Gasteiger partial charge in [-0.05, 0) is 53.0 Å². The van der Waals surface area contributed by atoms with E-state index in [0.29, 0.717) is 5.69 Å². The number of pyridine rings is 1. The van der Waals surface area contributed by atoms with E-state index in [-0.39, 0.29) is 10.0 Å². The Kier molecular flexibility index (Phi) is 3.84. The second kappa shape index (κ2) is 5.10. The number of hydrogen-bond acceptors (Lipinski definition) is 5. The Morgan fingerprint density at radius 1 is 1.32 bits per heavy atom. The van der Waals surface area contributed by atoms with Crippen LogP contribution in [-0.4, -0.2) is 13.4 Å². The van der Waals surface area contributed by atoms with Crippen molar-refractivity contribution in [2.24, 2.45) is 0 Å². The number of hydrogen-bond donors (Lipinski definition) is 2. The molecule has 2 heterocycles. The minimum absolute atomic E-state index is 0.244. The quantitative estimate of drug-likeness (QED) is 0.879. The molecule has 8 heteroatoms. The number of nitrogens with one attached hydrogen (secondary N) is 1. The fraction of sp³-hybridized carbons (Fsp3) is 0.182. The Balaban J connectivity index is 2.33. The molecule has 102 valence electrons. The normalized spacial score (nSPS) is 11.5. The second-order valence-electron chi connectivity index (χ2n) is 4.05. The third-order valence-corrected chi connectivity index (χ3v) is 6.45. The Labute approximate surface area is 124 Å². The minimum atomic E-state index is -3.61. The molecule has 0 bridgehead atoms. The summed E-state index contributed by atoms with van der Waals surface area (Å²) in [6.45, 7) is 3.63. The fourth-order valence-electron chi connectivity index (χ4n) is 1.37. The highest BCUT2D eigenvalue weighted by Gasteiger charge is 2.19. The Hall–Kier alpha value is -1.12. The van der Waals surface area contributed by atoms with E-state index in [9.17, 15) is 8.42 Å². The number of aromatic nitrogens is 1. The summed E-state index contributed by atoms with van der Waals surface area (Å²) in [6, 6.07) is 3.21. The van der Waals surface area contributed by atoms with Crippen molar-refractivity contribution >= 4 is 48.8 Å². The lowest BCUT2D eigenvalue weighted by Gasteiger charge is -2.07. The van der Waals surface area contributed by atoms with Gasteiger partial charge >= 0.3 is 0 Å². The van der Waals surface area contributed by atoms with Gasteiger partial charge in [0.2, 0.25) is 0 Å². The summed E-state index contributed by atoms with van der Waals surface area (Å²) < 4.78 is 27.8. The molecule has 0 aliphatic rings. The minimum Gasteiger partial charge on any atom is -0.397 e. The molecule has 0 aliphatic heterocycles. The SMILES string of the molecule is Cc1cc(NS(=O)(=O)c2cc(C)c(Br)s2)ncc1N. The first-order valence-corrected chi connectivity index (χ1v) is 8.40. The summed E-state index contributed by atoms with van der Waals surface area (Å²) >= 11 is 4.47. The van der Waals surface area contributed by atoms with Gasteiger partial charge in [0.05, 0.1) is 15.7 Å². The van der Waals surface area contributed by atoms with Crippen LogP contribution in [0.2, 0.25) is 0 Å². The van der Waals surface area contributed by atoms with E-state index in [1.165, 1.54) is 6.20 Å². The lowest BCUT2D eigenvalue weighted by Crippen LogP contribution is -2.13. The molecule has 2 aromatic rings. The molecule has 0 spiro atoms. The van der Waals surface area contributed by atoms with Gasteiger partial charge in [0.15, 0.2) is 0 Å². The van der Waals surface area contributed by atoms with Crippen LogP contribution in [0.5, 0.6) is 0 Å². The highest BCUT2D eigenvalue weighted by Crippen LogP contribution is 2.31. The van der Waals surface area contributed by atoms with Crippen molar-refractivity contribution < 1.29 is 8.42 Å². The van der Waals surface area contributed by atoms with Crippen LogP contribution in [0.25, 0.3) is 0 Å². The van der Waals surface area contributed by atoms with E-state index < -0.39 is 10.0 Å². The number of anilines is 2. The Bertz CT molecular complexity index is 706. The molecular weight excluding hydrogens is 350 g/mol. The van der Waals surface area contributed by atoms with Gasteiger partial charge in [0.25, 0.3) is 10.0 Å². The predicted octanol–water partition coefficient (Wildman–Crippen LogP) is 2.91. The molecule has 0 atom stereocenters. The van der Waals surface area contributed by atoms with Crippen molar-refractivity contribution in [3.63, 3.8) is 0 Å². The number of thiophene rings is 1. The van der Waals surface area contributed by atoms with Crippen LogP contribution in [0.1, 0.15) is 11.1 Å². The van der Waals surface area contributed by atoms with Gasteiger partial charge < -0.3 is 5.73 Å². The highest BCUT2D eigenvalue weighted by molar-refractivity contribution is 9.11. The van der Waals surface area contributed by atoms with Crippen LogP contribution in [0, 0.1) is 13.8 Å². The van der Waals surface area contributed by atoms with Gasteiger partial charge in [-0.2, -0.15) is 0 Å². The van der Waals surface area contributed by atoms with Crippen molar-refractivity contribution in [3.8, 4) is 0 Å². The van der Waals surface area contributed by atoms with E-state index in [1.54, 1.807) is 19.1 Å². The molecule has 5 nitrogen and oxygen atoms in total. The zero-order valence-corrected chi connectivity index (χ0v) is 13.5. The van der Waals surface area contributed by atoms with Crippen LogP contribution in [0.4, 0.5) is 11.5 Å². The predicted molar refractivity (Wildman–Crippen MR) is 81.0 cm³/mol. The summed E-state index contributed by atoms with van der Waals surface area (Å²) in [7, 11) is -3.61. The number of nitrogens with two attached hydrogens (primary N) is 1. The van der Waals surface area contributed by atoms with Crippen LogP contribution in [0.15, 0.2) is 26.3 Å². The van der Waals surface area contributed by atoms with E-state index in [0.717, 1.165) is 26.3 Å². The molecule has 0 radical (unpaired) electrons. The van der Waals surface area contributed by atoms with E-state index in [2.05, 4.69) is 25.6 Å². The molecule has 0 saturated heterocycles. The van der Waals surface area contributed by atoms with Gasteiger partial charge in [-0.25, -0.2) is 13.4 Å². The topological polar surface area (TPSA) is 85.1 Å². The molecule has 19 heavy (non-hydrogen) atoms. The van der Waals surface area contributed by atoms with Crippen molar-refractivity contribution in [1.29, 1.82) is 0 Å². The number of nitrogen functional groups attached to an aromatic ring is 1. The first kappa shape index (κ1) is 14.3. The molecular formula is C11H12BrN3O2S2. The molecule has 0 fully saturated rings. The van der Waals surface area contributed by atoms with Gasteiger partial charge in [-0.15, -0.1) is 11.3 Å². The Morgan fingerprint density at radius 2 is 2.00 bits per heavy atom. The van der Waals surface area contributed by atoms with E-state index in [4.69, 9.17) is 5.73 Å². The van der Waals surface area contributed by atoms with Crippen molar-refractivity contribution in [1.82, 2.24) is 4.98 Å². The zero-order valence-electron chi connectivity index (χ0n) is 10.3. The van der Waals surface area contributed by atoms with Gasteiger partial charge in [0, 0.05) is 0 Å². The standard InChI is InChI=1S/C11H12BrN3O2S2/c1-6-3-9(14-5-8(6)13)15-19(16,17)10-4-7(2)11(12)18-10/h3-5H,13H2,1-2H3,(H,14,15). The molecule has 0 aliphatic carbocycles. The van der Waals surface area contributed by atoms with Crippen LogP contribution < -0.4 is 10.5 Å². The monoisotopic (exact) mass is 361 g/mol. The van der Waals surface area contributed by atoms with E-state index in [1.807, 2.05) is 6.92 Å². The van der Waals surface area contributed by atoms with Crippen molar-refractivity contribution in [2.75, 3.05) is 10.5 Å². The molecule has 2 rings (SSSR count). The number of halogens is 1. The average Bonchev–Trinajstić information content (AvgIpc) is 2.65. The lowest BCUT2D eigenvalue weighted by molar-refractivity contribution is 0.603. The maximum absolute atomic E-state index is 12.2. The average molecular weight is 362 g/mol. The summed E-state index contributed by atoms with van der Waals surface area (Å²) in [5.74, 6) is 0.258. The summed E-state index contributed by atoms with van der Waals surface area (Å²) in [5.41, 5.74) is 7.82. The van der Waals surface area contributed by atoms with Gasteiger partial charge in [0.1, 0.15) is 10.0 Å². The lowest BCUT2D eigenvalue weighted by atomic mass is 10.2. The largest absolute Gasteiger partial charge is 0.397 e. The van der Waals surface area contributed by atoms with E-state index >= 15 is 0 Å². The van der Waals surface area contributed by atoms with Crippen LogP contribution in [0.3, 0.4) is 0 Å². The molecule has 0 saturated carbocycles. The number of sulfonamides is 1. The van der Waals surface area contributed by atoms with Crippen molar-refractivity contribution in [2.45, 2.75) is 18.1 Å². The van der Waals surface area contributed by atoms with Crippen molar-refractivity contribution in [3.05, 3.63) is 33.2 Å². The number of nitrogens with zero attached hydrogens (tertiary/aromatic N) is 1. The summed E-state index contributed by atoms with van der Waals surface area (Å²) in [6.07, 6.45) is 1.43. The first-order chi connectivity index (χ1) is 8.79. The van der Waals surface area contributed by atoms with Crippen LogP contribution in [-0.2, 0) is 10.0 Å². The molecule has 0 unspecified atom stereocenters.